The lowest BCUT2D eigenvalue weighted by Gasteiger charge is -2.15. The number of rotatable bonds is 4. The third kappa shape index (κ3) is 2.54. The molecule has 1 saturated heterocycles. The molecule has 94 valence electrons. The van der Waals surface area contributed by atoms with E-state index in [9.17, 15) is 0 Å². The molecule has 1 fully saturated rings. The van der Waals surface area contributed by atoms with Crippen LogP contribution in [0.1, 0.15) is 49.9 Å². The van der Waals surface area contributed by atoms with E-state index in [1.165, 1.54) is 75.8 Å². The Hall–Kier alpha value is -0.830. The van der Waals surface area contributed by atoms with Crippen LogP contribution in [0.15, 0.2) is 6.33 Å². The third-order valence-corrected chi connectivity index (χ3v) is 4.22. The van der Waals surface area contributed by atoms with E-state index in [2.05, 4.69) is 21.2 Å². The van der Waals surface area contributed by atoms with Gasteiger partial charge in [0.25, 0.3) is 0 Å². The maximum absolute atomic E-state index is 4.55. The quantitative estimate of drug-likeness (QED) is 0.864. The van der Waals surface area contributed by atoms with Crippen LogP contribution in [-0.4, -0.2) is 22.1 Å². The molecule has 0 bridgehead atoms. The summed E-state index contributed by atoms with van der Waals surface area (Å²) in [6, 6.07) is 0.786. The first-order valence-corrected chi connectivity index (χ1v) is 7.20. The first kappa shape index (κ1) is 11.3. The predicted molar refractivity (Wildman–Crippen MR) is 69.1 cm³/mol. The van der Waals surface area contributed by atoms with Crippen molar-refractivity contribution in [2.75, 3.05) is 6.54 Å². The molecule has 0 amide bonds. The van der Waals surface area contributed by atoms with Crippen LogP contribution in [-0.2, 0) is 19.4 Å². The van der Waals surface area contributed by atoms with Crippen molar-refractivity contribution < 1.29 is 0 Å². The van der Waals surface area contributed by atoms with Gasteiger partial charge in [0.1, 0.15) is 0 Å². The van der Waals surface area contributed by atoms with Crippen LogP contribution < -0.4 is 5.32 Å². The second kappa shape index (κ2) is 5.21. The monoisotopic (exact) mass is 233 g/mol. The number of nitrogens with one attached hydrogen (secondary N) is 1. The molecule has 1 aromatic rings. The van der Waals surface area contributed by atoms with Crippen LogP contribution in [0, 0.1) is 0 Å². The topological polar surface area (TPSA) is 29.9 Å². The highest BCUT2D eigenvalue weighted by Crippen LogP contribution is 2.20. The molecule has 0 saturated carbocycles. The summed E-state index contributed by atoms with van der Waals surface area (Å²) in [6.07, 6.45) is 12.6. The van der Waals surface area contributed by atoms with E-state index in [1.807, 2.05) is 0 Å². The third-order valence-electron chi connectivity index (χ3n) is 4.22. The number of aromatic nitrogens is 2. The van der Waals surface area contributed by atoms with Gasteiger partial charge in [-0.3, -0.25) is 0 Å². The SMILES string of the molecule is c1nc2c(n1CCCC1CCCN1)CCCC2. The molecular formula is C14H23N3. The Labute approximate surface area is 104 Å². The van der Waals surface area contributed by atoms with Crippen LogP contribution in [0.3, 0.4) is 0 Å². The molecule has 3 nitrogen and oxygen atoms in total. The summed E-state index contributed by atoms with van der Waals surface area (Å²) < 4.78 is 2.41. The fraction of sp³-hybridized carbons (Fsp3) is 0.786. The van der Waals surface area contributed by atoms with Gasteiger partial charge in [0.05, 0.1) is 12.0 Å². The molecule has 2 aliphatic rings. The van der Waals surface area contributed by atoms with Crippen LogP contribution >= 0.6 is 0 Å². The van der Waals surface area contributed by atoms with Gasteiger partial charge in [0.15, 0.2) is 0 Å². The van der Waals surface area contributed by atoms with Crippen molar-refractivity contribution in [1.82, 2.24) is 14.9 Å². The minimum Gasteiger partial charge on any atom is -0.334 e. The lowest BCUT2D eigenvalue weighted by Crippen LogP contribution is -2.21. The fourth-order valence-electron chi connectivity index (χ4n) is 3.23. The van der Waals surface area contributed by atoms with Gasteiger partial charge in [-0.2, -0.15) is 0 Å². The van der Waals surface area contributed by atoms with E-state index >= 15 is 0 Å². The molecule has 0 radical (unpaired) electrons. The van der Waals surface area contributed by atoms with Gasteiger partial charge < -0.3 is 9.88 Å². The largest absolute Gasteiger partial charge is 0.334 e. The van der Waals surface area contributed by atoms with Gasteiger partial charge in [0, 0.05) is 18.3 Å². The smallest absolute Gasteiger partial charge is 0.0951 e. The van der Waals surface area contributed by atoms with Crippen molar-refractivity contribution in [3.05, 3.63) is 17.7 Å². The Bertz CT molecular complexity index is 364. The number of nitrogens with zero attached hydrogens (tertiary/aromatic N) is 2. The number of hydrogen-bond acceptors (Lipinski definition) is 2. The number of fused-ring (bicyclic) bond motifs is 1. The molecule has 1 N–H and O–H groups in total. The van der Waals surface area contributed by atoms with Gasteiger partial charge in [-0.05, 0) is 57.9 Å². The maximum atomic E-state index is 4.55. The lowest BCUT2D eigenvalue weighted by molar-refractivity contribution is 0.492. The molecular weight excluding hydrogens is 210 g/mol. The summed E-state index contributed by atoms with van der Waals surface area (Å²) in [5.41, 5.74) is 2.89. The average Bonchev–Trinajstić information content (AvgIpc) is 2.99. The van der Waals surface area contributed by atoms with Crippen LogP contribution in [0.25, 0.3) is 0 Å². The molecule has 2 heterocycles. The predicted octanol–water partition coefficient (Wildman–Crippen LogP) is 2.29. The molecule has 1 aromatic heterocycles. The molecule has 17 heavy (non-hydrogen) atoms. The summed E-state index contributed by atoms with van der Waals surface area (Å²) in [4.78, 5) is 4.55. The van der Waals surface area contributed by atoms with Crippen LogP contribution in [0.4, 0.5) is 0 Å². The van der Waals surface area contributed by atoms with Crippen molar-refractivity contribution in [3.8, 4) is 0 Å². The summed E-state index contributed by atoms with van der Waals surface area (Å²) in [5.74, 6) is 0. The van der Waals surface area contributed by atoms with Gasteiger partial charge in [-0.15, -0.1) is 0 Å². The zero-order valence-electron chi connectivity index (χ0n) is 10.6. The minimum atomic E-state index is 0.786. The second-order valence-corrected chi connectivity index (χ2v) is 5.47. The van der Waals surface area contributed by atoms with E-state index in [1.54, 1.807) is 0 Å². The summed E-state index contributed by atoms with van der Waals surface area (Å²) in [6.45, 7) is 2.39. The van der Waals surface area contributed by atoms with Crippen molar-refractivity contribution in [3.63, 3.8) is 0 Å². The molecule has 0 aromatic carbocycles. The fourth-order valence-corrected chi connectivity index (χ4v) is 3.23. The second-order valence-electron chi connectivity index (χ2n) is 5.47. The highest BCUT2D eigenvalue weighted by molar-refractivity contribution is 5.16. The maximum Gasteiger partial charge on any atom is 0.0951 e. The van der Waals surface area contributed by atoms with E-state index in [0.717, 1.165) is 6.04 Å². The number of hydrogen-bond donors (Lipinski definition) is 1. The normalized spacial score (nSPS) is 23.9. The van der Waals surface area contributed by atoms with Crippen molar-refractivity contribution in [2.45, 2.75) is 64.0 Å². The Balaban J connectivity index is 1.52. The van der Waals surface area contributed by atoms with Crippen molar-refractivity contribution >= 4 is 0 Å². The highest BCUT2D eigenvalue weighted by atomic mass is 15.1. The Kier molecular flexibility index (Phi) is 3.46. The first-order chi connectivity index (χ1) is 8.43. The summed E-state index contributed by atoms with van der Waals surface area (Å²) in [7, 11) is 0. The zero-order chi connectivity index (χ0) is 11.5. The molecule has 3 rings (SSSR count). The van der Waals surface area contributed by atoms with Gasteiger partial charge in [-0.1, -0.05) is 0 Å². The Morgan fingerprint density at radius 3 is 3.12 bits per heavy atom. The Morgan fingerprint density at radius 2 is 2.24 bits per heavy atom. The summed E-state index contributed by atoms with van der Waals surface area (Å²) in [5, 5.41) is 3.57. The zero-order valence-corrected chi connectivity index (χ0v) is 10.6. The highest BCUT2D eigenvalue weighted by Gasteiger charge is 2.16. The van der Waals surface area contributed by atoms with E-state index in [0.29, 0.717) is 0 Å². The minimum absolute atomic E-state index is 0.786. The van der Waals surface area contributed by atoms with E-state index in [4.69, 9.17) is 0 Å². The van der Waals surface area contributed by atoms with Crippen LogP contribution in [0.2, 0.25) is 0 Å². The lowest BCUT2D eigenvalue weighted by atomic mass is 10.0. The molecule has 1 aliphatic heterocycles. The first-order valence-electron chi connectivity index (χ1n) is 7.20. The van der Waals surface area contributed by atoms with Gasteiger partial charge in [-0.25, -0.2) is 4.98 Å². The van der Waals surface area contributed by atoms with E-state index in [-0.39, 0.29) is 0 Å². The molecule has 1 aliphatic carbocycles. The van der Waals surface area contributed by atoms with Gasteiger partial charge in [0.2, 0.25) is 0 Å². The van der Waals surface area contributed by atoms with Crippen molar-refractivity contribution in [1.29, 1.82) is 0 Å². The molecule has 0 spiro atoms. The average molecular weight is 233 g/mol. The summed E-state index contributed by atoms with van der Waals surface area (Å²) >= 11 is 0. The number of imidazole rings is 1. The standard InChI is InChI=1S/C14H23N3/c1-2-8-14-13(7-1)16-11-17(14)10-4-6-12-5-3-9-15-12/h11-12,15H,1-10H2. The van der Waals surface area contributed by atoms with Crippen LogP contribution in [0.5, 0.6) is 0 Å². The molecule has 1 unspecified atom stereocenters. The number of aryl methyl sites for hydroxylation is 2. The van der Waals surface area contributed by atoms with Gasteiger partial charge >= 0.3 is 0 Å². The Morgan fingerprint density at radius 1 is 1.29 bits per heavy atom. The van der Waals surface area contributed by atoms with Crippen molar-refractivity contribution in [2.24, 2.45) is 0 Å². The molecule has 3 heteroatoms. The van der Waals surface area contributed by atoms with E-state index < -0.39 is 0 Å². The molecule has 1 atom stereocenters.